The minimum absolute atomic E-state index is 0.278. The summed E-state index contributed by atoms with van der Waals surface area (Å²) in [5.41, 5.74) is 40.4. The topological polar surface area (TPSA) is 507 Å². The molecular weight excluding hydrogens is 764 g/mol. The number of hydrogen-bond acceptors (Lipinski definition) is 16. The zero-order valence-electron chi connectivity index (χ0n) is 32.7. The number of aliphatic hydroxyl groups excluding tert-OH is 1. The van der Waals surface area contributed by atoms with Gasteiger partial charge >= 0.3 is 41.8 Å². The highest BCUT2D eigenvalue weighted by Gasteiger charge is 2.16. The first-order chi connectivity index (χ1) is 25.9. The highest BCUT2D eigenvalue weighted by Crippen LogP contribution is 2.03. The van der Waals surface area contributed by atoms with E-state index in [-0.39, 0.29) is 19.5 Å². The van der Waals surface area contributed by atoms with Crippen LogP contribution in [0.2, 0.25) is 0 Å². The first-order valence-corrected chi connectivity index (χ1v) is 16.7. The van der Waals surface area contributed by atoms with Crippen LogP contribution in [-0.4, -0.2) is 138 Å². The number of primary amides is 1. The second-order valence-corrected chi connectivity index (χ2v) is 12.2. The molecule has 57 heavy (non-hydrogen) atoms. The fourth-order valence-corrected chi connectivity index (χ4v) is 2.68. The zero-order valence-corrected chi connectivity index (χ0v) is 32.7. The Kier molecular flexibility index (Phi) is 43.4. The molecule has 0 heterocycles. The maximum absolute atomic E-state index is 10.4. The number of benzene rings is 1. The number of aliphatic hydroxyl groups is 1. The molecule has 0 saturated carbocycles. The number of carboxylic acid groups (broad SMARTS) is 7. The molecule has 0 aliphatic rings. The summed E-state index contributed by atoms with van der Waals surface area (Å²) in [5, 5.41) is 65.0. The summed E-state index contributed by atoms with van der Waals surface area (Å²) in [6.45, 7) is 8.57. The molecule has 1 rings (SSSR count). The van der Waals surface area contributed by atoms with Gasteiger partial charge in [-0.1, -0.05) is 58.0 Å². The second kappa shape index (κ2) is 38.9. The molecule has 1 aromatic rings. The van der Waals surface area contributed by atoms with E-state index in [1.165, 1.54) is 6.92 Å². The number of carbonyl (C=O) groups is 8. The van der Waals surface area contributed by atoms with Crippen LogP contribution in [0.1, 0.15) is 59.4 Å². The van der Waals surface area contributed by atoms with Crippen molar-refractivity contribution in [2.24, 2.45) is 57.7 Å². The normalized spacial score (nSPS) is 12.7. The van der Waals surface area contributed by atoms with Crippen LogP contribution in [0.4, 0.5) is 0 Å². The molecule has 0 aliphatic heterocycles. The van der Waals surface area contributed by atoms with Crippen LogP contribution in [0.3, 0.4) is 0 Å². The van der Waals surface area contributed by atoms with Gasteiger partial charge < -0.3 is 86.7 Å². The monoisotopic (exact) mass is 828 g/mol. The van der Waals surface area contributed by atoms with Crippen LogP contribution >= 0.6 is 0 Å². The van der Waals surface area contributed by atoms with Gasteiger partial charge in [-0.3, -0.25) is 38.4 Å². The predicted octanol–water partition coefficient (Wildman–Crippen LogP) is -3.36. The van der Waals surface area contributed by atoms with E-state index in [1.54, 1.807) is 0 Å². The summed E-state index contributed by atoms with van der Waals surface area (Å²) in [6.07, 6.45) is 0.198. The maximum atomic E-state index is 10.4. The SMILES string of the molecule is CC(C)CC(N)C(=O)O.CC(C)CC(N)C(=O)O.CC(O)C(N)C(=O)O.NC(=O)CC(N)C(=O)O.NC(Cc1ccccc1)C(=O)O.NCC(=O)O.NCC(=O)O. The lowest BCUT2D eigenvalue weighted by atomic mass is 10.1. The fourth-order valence-electron chi connectivity index (χ4n) is 2.68. The summed E-state index contributed by atoms with van der Waals surface area (Å²) in [7, 11) is 0. The zero-order chi connectivity index (χ0) is 46.6. The molecule has 6 unspecified atom stereocenters. The molecular formula is C33H64N8O16. The summed E-state index contributed by atoms with van der Waals surface area (Å²) in [4.78, 5) is 78.8. The highest BCUT2D eigenvalue weighted by atomic mass is 16.4. The molecule has 6 atom stereocenters. The van der Waals surface area contributed by atoms with Crippen LogP contribution in [0.15, 0.2) is 30.3 Å². The molecule has 0 saturated heterocycles. The first-order valence-electron chi connectivity index (χ1n) is 16.7. The maximum Gasteiger partial charge on any atom is 0.323 e. The summed E-state index contributed by atoms with van der Waals surface area (Å²) in [6, 6.07) is 4.84. The van der Waals surface area contributed by atoms with Crippen molar-refractivity contribution in [3.8, 4) is 0 Å². The molecule has 0 bridgehead atoms. The largest absolute Gasteiger partial charge is 0.480 e. The Hall–Kier alpha value is -5.34. The van der Waals surface area contributed by atoms with Crippen molar-refractivity contribution in [2.75, 3.05) is 13.1 Å². The van der Waals surface area contributed by atoms with Gasteiger partial charge in [0.2, 0.25) is 5.91 Å². The molecule has 0 aliphatic carbocycles. The third kappa shape index (κ3) is 55.1. The number of aliphatic carboxylic acids is 7. The van der Waals surface area contributed by atoms with Gasteiger partial charge in [0.25, 0.3) is 0 Å². The van der Waals surface area contributed by atoms with Gasteiger partial charge in [-0.05, 0) is 43.6 Å². The standard InChI is InChI=1S/C9H11NO2.2C6H13NO2.C4H8N2O3.C4H9NO3.2C2H5NO2/c10-8(9(11)12)6-7-4-2-1-3-5-7;2*1-4(2)3-5(7)6(8)9;5-2(4(8)9)1-3(6)7;1-2(6)3(5)4(7)8;2*3-1-2(4)5/h1-5,8H,6,10H2,(H,11,12);2*4-5H,3,7H2,1-2H3,(H,8,9);2H,1,5H2,(H2,6,7)(H,8,9);2-3,6H,5H2,1H3,(H,7,8);2*1,3H2,(H,4,5). The molecule has 24 N–H and O–H groups in total. The lowest BCUT2D eigenvalue weighted by Crippen LogP contribution is -2.39. The Bertz CT molecular complexity index is 1250. The molecule has 0 spiro atoms. The fraction of sp³-hybridized carbons (Fsp3) is 0.576. The highest BCUT2D eigenvalue weighted by molar-refractivity contribution is 5.83. The predicted molar refractivity (Wildman–Crippen MR) is 206 cm³/mol. The lowest BCUT2D eigenvalue weighted by molar-refractivity contribution is -0.141. The summed E-state index contributed by atoms with van der Waals surface area (Å²) >= 11 is 0. The van der Waals surface area contributed by atoms with E-state index in [0.29, 0.717) is 31.1 Å². The lowest BCUT2D eigenvalue weighted by Gasteiger charge is -2.07. The average molecular weight is 829 g/mol. The van der Waals surface area contributed by atoms with Crippen molar-refractivity contribution in [3.63, 3.8) is 0 Å². The number of carbonyl (C=O) groups excluding carboxylic acids is 1. The van der Waals surface area contributed by atoms with Gasteiger partial charge in [0.05, 0.1) is 25.6 Å². The van der Waals surface area contributed by atoms with E-state index >= 15 is 0 Å². The number of nitrogens with two attached hydrogens (primary N) is 8. The van der Waals surface area contributed by atoms with Crippen LogP contribution in [0.25, 0.3) is 0 Å². The molecule has 0 aromatic heterocycles. The Balaban J connectivity index is -0.000000136. The van der Waals surface area contributed by atoms with Crippen molar-refractivity contribution < 1.29 is 79.2 Å². The van der Waals surface area contributed by atoms with E-state index < -0.39 is 84.0 Å². The summed E-state index contributed by atoms with van der Waals surface area (Å²) in [5.74, 6) is -7.10. The molecule has 24 heteroatoms. The van der Waals surface area contributed by atoms with Crippen LogP contribution in [-0.2, 0) is 44.8 Å². The molecule has 1 aromatic carbocycles. The Labute approximate surface area is 330 Å². The van der Waals surface area contributed by atoms with Gasteiger partial charge in [-0.2, -0.15) is 0 Å². The number of carboxylic acids is 7. The van der Waals surface area contributed by atoms with Gasteiger partial charge in [-0.15, -0.1) is 0 Å². The Morgan fingerprint density at radius 1 is 0.526 bits per heavy atom. The number of rotatable bonds is 16. The molecule has 24 nitrogen and oxygen atoms in total. The molecule has 1 amide bonds. The third-order valence-corrected chi connectivity index (χ3v) is 5.59. The molecule has 0 fully saturated rings. The Morgan fingerprint density at radius 3 is 0.965 bits per heavy atom. The van der Waals surface area contributed by atoms with Crippen LogP contribution in [0.5, 0.6) is 0 Å². The van der Waals surface area contributed by atoms with Gasteiger partial charge in [0.15, 0.2) is 0 Å². The van der Waals surface area contributed by atoms with Gasteiger partial charge in [0.1, 0.15) is 30.2 Å². The Morgan fingerprint density at radius 2 is 0.825 bits per heavy atom. The average Bonchev–Trinajstić information content (AvgIpc) is 3.08. The van der Waals surface area contributed by atoms with Crippen molar-refractivity contribution in [1.82, 2.24) is 0 Å². The van der Waals surface area contributed by atoms with E-state index in [4.69, 9.17) is 69.5 Å². The quantitative estimate of drug-likeness (QED) is 0.0773. The van der Waals surface area contributed by atoms with E-state index in [9.17, 15) is 38.4 Å². The van der Waals surface area contributed by atoms with Gasteiger partial charge in [0, 0.05) is 0 Å². The van der Waals surface area contributed by atoms with Crippen molar-refractivity contribution in [1.29, 1.82) is 0 Å². The van der Waals surface area contributed by atoms with Gasteiger partial charge in [-0.25, -0.2) is 0 Å². The van der Waals surface area contributed by atoms with Crippen molar-refractivity contribution in [3.05, 3.63) is 35.9 Å². The third-order valence-electron chi connectivity index (χ3n) is 5.59. The molecule has 0 radical (unpaired) electrons. The van der Waals surface area contributed by atoms with E-state index in [0.717, 1.165) is 5.56 Å². The van der Waals surface area contributed by atoms with Crippen LogP contribution in [0, 0.1) is 11.8 Å². The summed E-state index contributed by atoms with van der Waals surface area (Å²) < 4.78 is 0. The van der Waals surface area contributed by atoms with E-state index in [1.807, 2.05) is 58.0 Å². The van der Waals surface area contributed by atoms with Crippen molar-refractivity contribution in [2.45, 2.75) is 96.6 Å². The minimum Gasteiger partial charge on any atom is -0.480 e. The second-order valence-electron chi connectivity index (χ2n) is 12.2. The first kappa shape index (κ1) is 63.6. The minimum atomic E-state index is -1.21. The van der Waals surface area contributed by atoms with E-state index in [2.05, 4.69) is 17.2 Å². The van der Waals surface area contributed by atoms with Crippen LogP contribution < -0.4 is 45.9 Å². The number of amides is 1. The smallest absolute Gasteiger partial charge is 0.323 e. The van der Waals surface area contributed by atoms with Crippen molar-refractivity contribution >= 4 is 47.7 Å². The molecule has 332 valence electrons. The number of hydrogen-bond donors (Lipinski definition) is 16.